The van der Waals surface area contributed by atoms with E-state index in [9.17, 15) is 9.18 Å². The van der Waals surface area contributed by atoms with Gasteiger partial charge in [0.25, 0.3) is 5.91 Å². The van der Waals surface area contributed by atoms with E-state index in [0.29, 0.717) is 22.5 Å². The minimum absolute atomic E-state index is 0.332. The Morgan fingerprint density at radius 3 is 2.96 bits per heavy atom. The van der Waals surface area contributed by atoms with E-state index in [4.69, 9.17) is 0 Å². The number of H-pyrrole nitrogens is 1. The van der Waals surface area contributed by atoms with Crippen LogP contribution in [0.15, 0.2) is 53.8 Å². The lowest BCUT2D eigenvalue weighted by atomic mass is 10.1. The number of halogens is 1. The smallest absolute Gasteiger partial charge is 0.259 e. The maximum Gasteiger partial charge on any atom is 0.259 e. The Hall–Kier alpha value is -2.67. The second-order valence-electron chi connectivity index (χ2n) is 4.68. The van der Waals surface area contributed by atoms with Gasteiger partial charge in [-0.1, -0.05) is 12.1 Å². The van der Waals surface area contributed by atoms with Gasteiger partial charge in [0.1, 0.15) is 10.8 Å². The molecule has 2 N–H and O–H groups in total. The molecule has 1 amide bonds. The first-order valence-corrected chi connectivity index (χ1v) is 8.01. The number of carbonyl (C=O) groups is 1. The van der Waals surface area contributed by atoms with Crippen molar-refractivity contribution >= 4 is 23.4 Å². The van der Waals surface area contributed by atoms with Crippen LogP contribution in [-0.4, -0.2) is 27.3 Å². The van der Waals surface area contributed by atoms with Gasteiger partial charge in [0.05, 0.1) is 23.1 Å². The van der Waals surface area contributed by atoms with Crippen LogP contribution in [0.4, 0.5) is 10.1 Å². The molecule has 0 bridgehead atoms. The van der Waals surface area contributed by atoms with Crippen LogP contribution in [-0.2, 0) is 0 Å². The molecule has 2 heterocycles. The molecular formula is C16H13FN4OS. The summed E-state index contributed by atoms with van der Waals surface area (Å²) in [4.78, 5) is 16.7. The van der Waals surface area contributed by atoms with Gasteiger partial charge in [-0.15, -0.1) is 11.8 Å². The molecule has 1 aromatic carbocycles. The molecule has 3 aromatic rings. The molecule has 3 rings (SSSR count). The van der Waals surface area contributed by atoms with Crippen LogP contribution in [0.1, 0.15) is 10.4 Å². The molecular weight excluding hydrogens is 315 g/mol. The Kier molecular flexibility index (Phi) is 4.38. The van der Waals surface area contributed by atoms with Crippen molar-refractivity contribution in [3.8, 4) is 11.3 Å². The second-order valence-corrected chi connectivity index (χ2v) is 5.48. The predicted molar refractivity (Wildman–Crippen MR) is 88.0 cm³/mol. The van der Waals surface area contributed by atoms with Crippen molar-refractivity contribution in [3.63, 3.8) is 0 Å². The number of nitrogens with zero attached hydrogens (tertiary/aromatic N) is 2. The van der Waals surface area contributed by atoms with E-state index in [1.54, 1.807) is 30.5 Å². The minimum atomic E-state index is -0.375. The van der Waals surface area contributed by atoms with Gasteiger partial charge in [0.15, 0.2) is 0 Å². The van der Waals surface area contributed by atoms with Crippen molar-refractivity contribution in [1.29, 1.82) is 0 Å². The fourth-order valence-corrected chi connectivity index (χ4v) is 2.67. The summed E-state index contributed by atoms with van der Waals surface area (Å²) >= 11 is 1.44. The first kappa shape index (κ1) is 15.2. The third-order valence-corrected chi connectivity index (χ3v) is 3.92. The molecule has 0 aliphatic heterocycles. The van der Waals surface area contributed by atoms with E-state index in [1.807, 2.05) is 6.26 Å². The molecule has 2 aromatic heterocycles. The fraction of sp³-hybridized carbons (Fsp3) is 0.0625. The van der Waals surface area contributed by atoms with Crippen molar-refractivity contribution in [1.82, 2.24) is 15.2 Å². The first-order valence-electron chi connectivity index (χ1n) is 6.78. The average Bonchev–Trinajstić information content (AvgIpc) is 3.05. The highest BCUT2D eigenvalue weighted by Crippen LogP contribution is 2.25. The van der Waals surface area contributed by atoms with Gasteiger partial charge in [-0.2, -0.15) is 5.10 Å². The van der Waals surface area contributed by atoms with Crippen molar-refractivity contribution in [2.45, 2.75) is 5.03 Å². The van der Waals surface area contributed by atoms with Crippen molar-refractivity contribution in [2.75, 3.05) is 11.6 Å². The van der Waals surface area contributed by atoms with E-state index in [-0.39, 0.29) is 11.7 Å². The monoisotopic (exact) mass is 328 g/mol. The highest BCUT2D eigenvalue weighted by molar-refractivity contribution is 7.98. The topological polar surface area (TPSA) is 70.7 Å². The van der Waals surface area contributed by atoms with E-state index >= 15 is 0 Å². The van der Waals surface area contributed by atoms with Gasteiger partial charge in [0.2, 0.25) is 0 Å². The summed E-state index contributed by atoms with van der Waals surface area (Å²) < 4.78 is 13.4. The van der Waals surface area contributed by atoms with Gasteiger partial charge in [-0.05, 0) is 30.5 Å². The molecule has 0 unspecified atom stereocenters. The number of rotatable bonds is 4. The number of aromatic amines is 1. The number of anilines is 1. The standard InChI is InChI=1S/C16H13FN4OS/c1-23-16-13(6-3-7-18-16)20-15(22)12-9-19-21-14(12)10-4-2-5-11(17)8-10/h2-9H,1H3,(H,19,21)(H,20,22). The normalized spacial score (nSPS) is 10.5. The lowest BCUT2D eigenvalue weighted by molar-refractivity contribution is 0.102. The van der Waals surface area contributed by atoms with Crippen LogP contribution < -0.4 is 5.32 Å². The van der Waals surface area contributed by atoms with Crippen LogP contribution in [0.3, 0.4) is 0 Å². The summed E-state index contributed by atoms with van der Waals surface area (Å²) in [5.74, 6) is -0.707. The summed E-state index contributed by atoms with van der Waals surface area (Å²) in [5.41, 5.74) is 1.99. The third-order valence-electron chi connectivity index (χ3n) is 3.21. The number of amides is 1. The van der Waals surface area contributed by atoms with E-state index in [0.717, 1.165) is 5.03 Å². The zero-order valence-corrected chi connectivity index (χ0v) is 13.0. The zero-order valence-electron chi connectivity index (χ0n) is 12.2. The van der Waals surface area contributed by atoms with Crippen LogP contribution in [0.2, 0.25) is 0 Å². The maximum atomic E-state index is 13.4. The zero-order chi connectivity index (χ0) is 16.2. The highest BCUT2D eigenvalue weighted by atomic mass is 32.2. The summed E-state index contributed by atoms with van der Waals surface area (Å²) in [6.07, 6.45) is 4.97. The highest BCUT2D eigenvalue weighted by Gasteiger charge is 2.17. The Morgan fingerprint density at radius 1 is 1.30 bits per heavy atom. The Balaban J connectivity index is 1.91. The summed E-state index contributed by atoms with van der Waals surface area (Å²) in [6, 6.07) is 9.52. The van der Waals surface area contributed by atoms with Gasteiger partial charge in [-0.25, -0.2) is 9.37 Å². The van der Waals surface area contributed by atoms with Crippen LogP contribution >= 0.6 is 11.8 Å². The number of aromatic nitrogens is 3. The Labute approximate surface area is 136 Å². The van der Waals surface area contributed by atoms with Crippen LogP contribution in [0.5, 0.6) is 0 Å². The Bertz CT molecular complexity index is 849. The molecule has 116 valence electrons. The quantitative estimate of drug-likeness (QED) is 0.718. The molecule has 0 fully saturated rings. The average molecular weight is 328 g/mol. The number of benzene rings is 1. The lowest BCUT2D eigenvalue weighted by Gasteiger charge is -2.08. The maximum absolute atomic E-state index is 13.4. The largest absolute Gasteiger partial charge is 0.320 e. The van der Waals surface area contributed by atoms with Crippen molar-refractivity contribution in [3.05, 3.63) is 60.2 Å². The summed E-state index contributed by atoms with van der Waals surface area (Å²) in [5, 5.41) is 10.2. The number of nitrogens with one attached hydrogen (secondary N) is 2. The van der Waals surface area contributed by atoms with Crippen LogP contribution in [0, 0.1) is 5.82 Å². The van der Waals surface area contributed by atoms with Crippen molar-refractivity contribution < 1.29 is 9.18 Å². The van der Waals surface area contributed by atoms with Crippen LogP contribution in [0.25, 0.3) is 11.3 Å². The molecule has 0 atom stereocenters. The molecule has 5 nitrogen and oxygen atoms in total. The van der Waals surface area contributed by atoms with Gasteiger partial charge < -0.3 is 5.32 Å². The second kappa shape index (κ2) is 6.62. The molecule has 0 spiro atoms. The molecule has 0 saturated heterocycles. The molecule has 0 aliphatic rings. The fourth-order valence-electron chi connectivity index (χ4n) is 2.16. The van der Waals surface area contributed by atoms with E-state index < -0.39 is 0 Å². The molecule has 0 saturated carbocycles. The van der Waals surface area contributed by atoms with E-state index in [1.165, 1.54) is 30.1 Å². The third kappa shape index (κ3) is 3.24. The van der Waals surface area contributed by atoms with E-state index in [2.05, 4.69) is 20.5 Å². The number of carbonyl (C=O) groups excluding carboxylic acids is 1. The Morgan fingerprint density at radius 2 is 2.17 bits per heavy atom. The minimum Gasteiger partial charge on any atom is -0.320 e. The summed E-state index contributed by atoms with van der Waals surface area (Å²) in [6.45, 7) is 0. The number of hydrogen-bond donors (Lipinski definition) is 2. The van der Waals surface area contributed by atoms with Gasteiger partial charge in [0, 0.05) is 11.8 Å². The molecule has 0 aliphatic carbocycles. The SMILES string of the molecule is CSc1ncccc1NC(=O)c1cn[nH]c1-c1cccc(F)c1. The summed E-state index contributed by atoms with van der Waals surface area (Å²) in [7, 11) is 0. The number of pyridine rings is 1. The number of thioether (sulfide) groups is 1. The first-order chi connectivity index (χ1) is 11.2. The number of hydrogen-bond acceptors (Lipinski definition) is 4. The van der Waals surface area contributed by atoms with Gasteiger partial charge in [-0.3, -0.25) is 9.89 Å². The van der Waals surface area contributed by atoms with Gasteiger partial charge >= 0.3 is 0 Å². The predicted octanol–water partition coefficient (Wildman–Crippen LogP) is 3.59. The molecule has 7 heteroatoms. The molecule has 0 radical (unpaired) electrons. The molecule has 23 heavy (non-hydrogen) atoms. The lowest BCUT2D eigenvalue weighted by Crippen LogP contribution is -2.13. The van der Waals surface area contributed by atoms with Crippen molar-refractivity contribution in [2.24, 2.45) is 0 Å².